The van der Waals surface area contributed by atoms with E-state index in [-0.39, 0.29) is 11.9 Å². The predicted molar refractivity (Wildman–Crippen MR) is 81.1 cm³/mol. The fraction of sp³-hybridized carbons (Fsp3) is 0.353. The van der Waals surface area contributed by atoms with Crippen LogP contribution in [0.2, 0.25) is 0 Å². The molecule has 3 rings (SSSR count). The summed E-state index contributed by atoms with van der Waals surface area (Å²) in [7, 11) is 1.87. The first-order valence-electron chi connectivity index (χ1n) is 7.34. The lowest BCUT2D eigenvalue weighted by atomic mass is 10.1. The van der Waals surface area contributed by atoms with Gasteiger partial charge in [-0.2, -0.15) is 0 Å². The molecule has 0 bridgehead atoms. The van der Waals surface area contributed by atoms with Crippen LogP contribution in [0.15, 0.2) is 36.7 Å². The second-order valence-corrected chi connectivity index (χ2v) is 5.49. The van der Waals surface area contributed by atoms with Crippen LogP contribution < -0.4 is 0 Å². The Bertz CT molecular complexity index is 626. The third-order valence-corrected chi connectivity index (χ3v) is 4.17. The van der Waals surface area contributed by atoms with Crippen molar-refractivity contribution in [3.8, 4) is 0 Å². The van der Waals surface area contributed by atoms with Crippen molar-refractivity contribution in [2.45, 2.75) is 32.2 Å². The maximum absolute atomic E-state index is 12.5. The number of aromatic nitrogens is 2. The maximum Gasteiger partial charge on any atom is 0.257 e. The molecule has 108 valence electrons. The molecule has 0 N–H and O–H groups in total. The molecule has 0 fully saturated rings. The summed E-state index contributed by atoms with van der Waals surface area (Å²) < 4.78 is 0. The molecular weight excluding hydrogens is 262 g/mol. The van der Waals surface area contributed by atoms with E-state index >= 15 is 0 Å². The number of likely N-dealkylation sites (N-methyl/N-ethyl adjacent to an activating group) is 1. The monoisotopic (exact) mass is 281 g/mol. The smallest absolute Gasteiger partial charge is 0.257 e. The average Bonchev–Trinajstić information content (AvgIpc) is 2.97. The minimum absolute atomic E-state index is 0.00420. The van der Waals surface area contributed by atoms with E-state index in [1.807, 2.05) is 18.9 Å². The summed E-state index contributed by atoms with van der Waals surface area (Å²) in [5, 5.41) is 0. The summed E-state index contributed by atoms with van der Waals surface area (Å²) in [6.45, 7) is 2.00. The molecule has 1 aromatic carbocycles. The Morgan fingerprint density at radius 3 is 2.29 bits per heavy atom. The molecule has 4 heteroatoms. The van der Waals surface area contributed by atoms with Gasteiger partial charge in [0, 0.05) is 31.9 Å². The number of hydrogen-bond donors (Lipinski definition) is 0. The van der Waals surface area contributed by atoms with E-state index in [1.54, 1.807) is 12.4 Å². The van der Waals surface area contributed by atoms with E-state index in [2.05, 4.69) is 34.2 Å². The fourth-order valence-corrected chi connectivity index (χ4v) is 2.83. The molecule has 1 aliphatic carbocycles. The topological polar surface area (TPSA) is 46.1 Å². The number of rotatable bonds is 3. The Morgan fingerprint density at radius 1 is 1.19 bits per heavy atom. The zero-order chi connectivity index (χ0) is 14.8. The lowest BCUT2D eigenvalue weighted by molar-refractivity contribution is 0.0737. The highest BCUT2D eigenvalue weighted by molar-refractivity contribution is 5.93. The number of aryl methyl sites for hydroxylation is 1. The van der Waals surface area contributed by atoms with E-state index < -0.39 is 0 Å². The first kappa shape index (κ1) is 13.7. The number of benzene rings is 1. The summed E-state index contributed by atoms with van der Waals surface area (Å²) in [5.74, 6) is 0.762. The summed E-state index contributed by atoms with van der Waals surface area (Å²) >= 11 is 0. The molecule has 2 aromatic rings. The van der Waals surface area contributed by atoms with Crippen molar-refractivity contribution in [1.82, 2.24) is 14.9 Å². The molecule has 0 unspecified atom stereocenters. The third kappa shape index (κ3) is 2.66. The van der Waals surface area contributed by atoms with Gasteiger partial charge < -0.3 is 4.90 Å². The van der Waals surface area contributed by atoms with E-state index in [9.17, 15) is 4.79 Å². The highest BCUT2D eigenvalue weighted by atomic mass is 16.2. The summed E-state index contributed by atoms with van der Waals surface area (Å²) in [5.41, 5.74) is 3.25. The van der Waals surface area contributed by atoms with Gasteiger partial charge in [0.05, 0.1) is 5.56 Å². The lowest BCUT2D eigenvalue weighted by Gasteiger charge is -2.24. The molecule has 1 heterocycles. The Labute approximate surface area is 124 Å². The molecule has 1 aliphatic rings. The largest absolute Gasteiger partial charge is 0.338 e. The number of nitrogens with zero attached hydrogens (tertiary/aromatic N) is 3. The van der Waals surface area contributed by atoms with Crippen molar-refractivity contribution < 1.29 is 4.79 Å². The van der Waals surface area contributed by atoms with Crippen molar-refractivity contribution in [2.24, 2.45) is 0 Å². The van der Waals surface area contributed by atoms with Crippen LogP contribution in [0.25, 0.3) is 0 Å². The van der Waals surface area contributed by atoms with Crippen molar-refractivity contribution in [1.29, 1.82) is 0 Å². The van der Waals surface area contributed by atoms with Gasteiger partial charge in [-0.1, -0.05) is 31.2 Å². The van der Waals surface area contributed by atoms with Gasteiger partial charge in [-0.3, -0.25) is 4.79 Å². The Morgan fingerprint density at radius 2 is 1.76 bits per heavy atom. The summed E-state index contributed by atoms with van der Waals surface area (Å²) in [6, 6.07) is 8.63. The highest BCUT2D eigenvalue weighted by Crippen LogP contribution is 2.25. The standard InChI is InChI=1S/C17H19N3O/c1-3-16-18-10-14(11-19-16)17(21)20(2)15-8-12-6-4-5-7-13(12)9-15/h4-7,10-11,15H,3,8-9H2,1-2H3. The number of carbonyl (C=O) groups is 1. The number of carbonyl (C=O) groups excluding carboxylic acids is 1. The zero-order valence-electron chi connectivity index (χ0n) is 12.4. The second kappa shape index (κ2) is 5.64. The van der Waals surface area contributed by atoms with Gasteiger partial charge in [0.25, 0.3) is 5.91 Å². The SMILES string of the molecule is CCc1ncc(C(=O)N(C)C2Cc3ccccc3C2)cn1. The van der Waals surface area contributed by atoms with Crippen LogP contribution >= 0.6 is 0 Å². The van der Waals surface area contributed by atoms with Crippen LogP contribution in [0, 0.1) is 0 Å². The Balaban J connectivity index is 1.73. The van der Waals surface area contributed by atoms with E-state index in [1.165, 1.54) is 11.1 Å². The molecule has 4 nitrogen and oxygen atoms in total. The highest BCUT2D eigenvalue weighted by Gasteiger charge is 2.27. The molecular formula is C17H19N3O. The van der Waals surface area contributed by atoms with Crippen molar-refractivity contribution >= 4 is 5.91 Å². The zero-order valence-corrected chi connectivity index (χ0v) is 12.4. The Kier molecular flexibility index (Phi) is 3.69. The minimum Gasteiger partial charge on any atom is -0.338 e. The van der Waals surface area contributed by atoms with Crippen LogP contribution in [0.4, 0.5) is 0 Å². The van der Waals surface area contributed by atoms with Crippen LogP contribution in [-0.4, -0.2) is 33.9 Å². The molecule has 0 radical (unpaired) electrons. The Hall–Kier alpha value is -2.23. The first-order valence-corrected chi connectivity index (χ1v) is 7.34. The molecule has 21 heavy (non-hydrogen) atoms. The van der Waals surface area contributed by atoms with Crippen LogP contribution in [0.3, 0.4) is 0 Å². The van der Waals surface area contributed by atoms with Crippen molar-refractivity contribution in [3.63, 3.8) is 0 Å². The van der Waals surface area contributed by atoms with Crippen LogP contribution in [0.1, 0.15) is 34.2 Å². The van der Waals surface area contributed by atoms with Crippen molar-refractivity contribution in [2.75, 3.05) is 7.05 Å². The van der Waals surface area contributed by atoms with Gasteiger partial charge >= 0.3 is 0 Å². The quantitative estimate of drug-likeness (QED) is 0.867. The summed E-state index contributed by atoms with van der Waals surface area (Å²) in [4.78, 5) is 22.8. The van der Waals surface area contributed by atoms with Gasteiger partial charge in [-0.05, 0) is 24.0 Å². The van der Waals surface area contributed by atoms with Gasteiger partial charge in [0.15, 0.2) is 0 Å². The molecule has 0 saturated carbocycles. The van der Waals surface area contributed by atoms with E-state index in [0.717, 1.165) is 25.1 Å². The lowest BCUT2D eigenvalue weighted by Crippen LogP contribution is -2.37. The fourth-order valence-electron chi connectivity index (χ4n) is 2.83. The molecule has 0 atom stereocenters. The number of fused-ring (bicyclic) bond motifs is 1. The van der Waals surface area contributed by atoms with E-state index in [4.69, 9.17) is 0 Å². The van der Waals surface area contributed by atoms with Gasteiger partial charge in [0.1, 0.15) is 5.82 Å². The number of hydrogen-bond acceptors (Lipinski definition) is 3. The van der Waals surface area contributed by atoms with Crippen molar-refractivity contribution in [3.05, 3.63) is 59.2 Å². The van der Waals surface area contributed by atoms with Crippen LogP contribution in [-0.2, 0) is 19.3 Å². The maximum atomic E-state index is 12.5. The summed E-state index contributed by atoms with van der Waals surface area (Å²) in [6.07, 6.45) is 5.89. The van der Waals surface area contributed by atoms with Gasteiger partial charge in [-0.25, -0.2) is 9.97 Å². The molecule has 1 aromatic heterocycles. The molecule has 0 aliphatic heterocycles. The van der Waals surface area contributed by atoms with Gasteiger partial charge in [-0.15, -0.1) is 0 Å². The van der Waals surface area contributed by atoms with E-state index in [0.29, 0.717) is 5.56 Å². The molecule has 0 saturated heterocycles. The minimum atomic E-state index is -0.00420. The normalized spacial score (nSPS) is 14.0. The number of amides is 1. The average molecular weight is 281 g/mol. The second-order valence-electron chi connectivity index (χ2n) is 5.49. The predicted octanol–water partition coefficient (Wildman–Crippen LogP) is 2.28. The van der Waals surface area contributed by atoms with Gasteiger partial charge in [0.2, 0.25) is 0 Å². The first-order chi connectivity index (χ1) is 10.2. The van der Waals surface area contributed by atoms with Crippen LogP contribution in [0.5, 0.6) is 0 Å². The molecule has 1 amide bonds. The third-order valence-electron chi connectivity index (χ3n) is 4.17. The molecule has 0 spiro atoms.